The molecule has 0 aromatic carbocycles. The first-order valence-corrected chi connectivity index (χ1v) is 6.63. The monoisotopic (exact) mass is 201 g/mol. The topological polar surface area (TPSA) is 34.1 Å². The van der Waals surface area contributed by atoms with E-state index in [2.05, 4.69) is 0 Å². The molecule has 0 aliphatic carbocycles. The minimum atomic E-state index is 0.233. The van der Waals surface area contributed by atoms with Gasteiger partial charge in [-0.2, -0.15) is 0 Å². The molecule has 74 valence electrons. The van der Waals surface area contributed by atoms with Crippen LogP contribution in [-0.4, -0.2) is 28.8 Å². The summed E-state index contributed by atoms with van der Waals surface area (Å²) in [7, 11) is 0.233. The second-order valence-corrected chi connectivity index (χ2v) is 5.82. The molecular weight excluding hydrogens is 184 g/mol. The Morgan fingerprint density at radius 2 is 2.00 bits per heavy atom. The van der Waals surface area contributed by atoms with E-state index in [0.29, 0.717) is 24.4 Å². The molecule has 1 aliphatic rings. The molecule has 1 fully saturated rings. The summed E-state index contributed by atoms with van der Waals surface area (Å²) < 4.78 is 0. The Hall–Kier alpha value is -0.310. The second kappa shape index (κ2) is 5.43. The van der Waals surface area contributed by atoms with Gasteiger partial charge >= 0.3 is 0 Å². The van der Waals surface area contributed by atoms with Crippen LogP contribution in [0.4, 0.5) is 0 Å². The van der Waals surface area contributed by atoms with Gasteiger partial charge in [-0.15, -0.1) is 0 Å². The van der Waals surface area contributed by atoms with Crippen LogP contribution >= 0.6 is 0 Å². The summed E-state index contributed by atoms with van der Waals surface area (Å²) in [5, 5.41) is 0. The summed E-state index contributed by atoms with van der Waals surface area (Å²) in [4.78, 5) is 22.3. The normalized spacial score (nSPS) is 19.0. The van der Waals surface area contributed by atoms with Gasteiger partial charge in [0.05, 0.1) is 12.8 Å². The molecule has 0 aromatic rings. The van der Waals surface area contributed by atoms with Crippen molar-refractivity contribution in [2.24, 2.45) is 0 Å². The van der Waals surface area contributed by atoms with E-state index in [-0.39, 0.29) is 10.9 Å². The van der Waals surface area contributed by atoms with Crippen molar-refractivity contribution in [3.63, 3.8) is 0 Å². The van der Waals surface area contributed by atoms with Gasteiger partial charge in [0.2, 0.25) is 0 Å². The highest BCUT2D eigenvalue weighted by Gasteiger charge is 2.28. The first kappa shape index (κ1) is 10.8. The van der Waals surface area contributed by atoms with Gasteiger partial charge in [-0.3, -0.25) is 9.59 Å². The van der Waals surface area contributed by atoms with Crippen LogP contribution < -0.4 is 0 Å². The lowest BCUT2D eigenvalue weighted by molar-refractivity contribution is -0.119. The third-order valence-electron chi connectivity index (χ3n) is 2.23. The molecule has 1 rings (SSSR count). The van der Waals surface area contributed by atoms with E-state index >= 15 is 0 Å². The highest BCUT2D eigenvalue weighted by atomic mass is 32.2. The quantitative estimate of drug-likeness (QED) is 0.643. The van der Waals surface area contributed by atoms with E-state index in [1.54, 1.807) is 0 Å². The summed E-state index contributed by atoms with van der Waals surface area (Å²) in [6.07, 6.45) is 3.09. The second-order valence-electron chi connectivity index (χ2n) is 3.49. The fourth-order valence-corrected chi connectivity index (χ4v) is 3.59. The molecule has 0 amide bonds. The van der Waals surface area contributed by atoms with Gasteiger partial charge in [0, 0.05) is 6.42 Å². The predicted molar refractivity (Wildman–Crippen MR) is 56.1 cm³/mol. The Balaban J connectivity index is 2.22. The van der Waals surface area contributed by atoms with Crippen LogP contribution in [0.2, 0.25) is 0 Å². The average Bonchev–Trinajstić information content (AvgIpc) is 2.09. The van der Waals surface area contributed by atoms with Crippen LogP contribution in [0.15, 0.2) is 0 Å². The van der Waals surface area contributed by atoms with Crippen LogP contribution in [0.1, 0.15) is 32.6 Å². The molecular formula is C10H17O2S+. The Morgan fingerprint density at radius 1 is 1.38 bits per heavy atom. The molecule has 0 atom stereocenters. The van der Waals surface area contributed by atoms with Crippen molar-refractivity contribution in [3.8, 4) is 0 Å². The molecule has 0 bridgehead atoms. The van der Waals surface area contributed by atoms with Crippen molar-refractivity contribution >= 4 is 22.5 Å². The number of rotatable bonds is 4. The van der Waals surface area contributed by atoms with Crippen LogP contribution in [0.25, 0.3) is 0 Å². The highest BCUT2D eigenvalue weighted by molar-refractivity contribution is 7.97. The number of ketones is 2. The van der Waals surface area contributed by atoms with Gasteiger partial charge < -0.3 is 0 Å². The molecule has 0 spiro atoms. The number of carbonyl (C=O) groups excluding carboxylic acids is 2. The van der Waals surface area contributed by atoms with E-state index in [4.69, 9.17) is 0 Å². The van der Waals surface area contributed by atoms with Crippen molar-refractivity contribution < 1.29 is 9.59 Å². The molecule has 13 heavy (non-hydrogen) atoms. The summed E-state index contributed by atoms with van der Waals surface area (Å²) in [5.41, 5.74) is 0. The standard InChI is InChI=1S/C10H17O2S/c1-2-3-10(12)8-13-6-4-9(11)5-7-13/h2-8H2,1H3/q+1. The van der Waals surface area contributed by atoms with E-state index in [0.717, 1.165) is 30.1 Å². The lowest BCUT2D eigenvalue weighted by atomic mass is 10.2. The Bertz CT molecular complexity index is 191. The maximum absolute atomic E-state index is 11.3. The number of Topliss-reactive ketones (excluding diaryl/α,β-unsaturated/α-hetero) is 2. The molecule has 0 aromatic heterocycles. The first-order valence-electron chi connectivity index (χ1n) is 4.90. The molecule has 0 unspecified atom stereocenters. The zero-order valence-electron chi connectivity index (χ0n) is 8.17. The van der Waals surface area contributed by atoms with Crippen molar-refractivity contribution in [2.45, 2.75) is 32.6 Å². The molecule has 1 heterocycles. The SMILES string of the molecule is CCCC(=O)C[S+]1CCC(=O)CC1. The summed E-state index contributed by atoms with van der Waals surface area (Å²) in [6, 6.07) is 0. The maximum atomic E-state index is 11.3. The van der Waals surface area contributed by atoms with Gasteiger partial charge in [-0.1, -0.05) is 6.92 Å². The minimum absolute atomic E-state index is 0.233. The lowest BCUT2D eigenvalue weighted by Crippen LogP contribution is -2.29. The van der Waals surface area contributed by atoms with Crippen molar-refractivity contribution in [1.82, 2.24) is 0 Å². The third-order valence-corrected chi connectivity index (χ3v) is 4.53. The van der Waals surface area contributed by atoms with Crippen molar-refractivity contribution in [3.05, 3.63) is 0 Å². The number of hydrogen-bond donors (Lipinski definition) is 0. The van der Waals surface area contributed by atoms with Gasteiger partial charge in [0.15, 0.2) is 11.5 Å². The lowest BCUT2D eigenvalue weighted by Gasteiger charge is -2.11. The molecule has 2 nitrogen and oxygen atoms in total. The van der Waals surface area contributed by atoms with Gasteiger partial charge in [0.1, 0.15) is 17.3 Å². The number of carbonyl (C=O) groups is 2. The van der Waals surface area contributed by atoms with Crippen LogP contribution in [0.3, 0.4) is 0 Å². The van der Waals surface area contributed by atoms with E-state index < -0.39 is 0 Å². The Morgan fingerprint density at radius 3 is 2.54 bits per heavy atom. The largest absolute Gasteiger partial charge is 0.299 e. The predicted octanol–water partition coefficient (Wildman–Crippen LogP) is 1.34. The minimum Gasteiger partial charge on any atom is -0.299 e. The Labute approximate surface area is 82.4 Å². The zero-order valence-corrected chi connectivity index (χ0v) is 8.99. The van der Waals surface area contributed by atoms with E-state index in [1.165, 1.54) is 0 Å². The molecule has 0 saturated carbocycles. The third kappa shape index (κ3) is 3.94. The van der Waals surface area contributed by atoms with Crippen molar-refractivity contribution in [2.75, 3.05) is 17.3 Å². The van der Waals surface area contributed by atoms with Crippen molar-refractivity contribution in [1.29, 1.82) is 0 Å². The molecule has 0 radical (unpaired) electrons. The van der Waals surface area contributed by atoms with E-state index in [9.17, 15) is 9.59 Å². The summed E-state index contributed by atoms with van der Waals surface area (Å²) in [5.74, 6) is 3.44. The van der Waals surface area contributed by atoms with Crippen LogP contribution in [0.5, 0.6) is 0 Å². The average molecular weight is 201 g/mol. The highest BCUT2D eigenvalue weighted by Crippen LogP contribution is 2.12. The van der Waals surface area contributed by atoms with Gasteiger partial charge in [0.25, 0.3) is 0 Å². The maximum Gasteiger partial charge on any atom is 0.181 e. The fraction of sp³-hybridized carbons (Fsp3) is 0.800. The molecule has 3 heteroatoms. The first-order chi connectivity index (χ1) is 6.22. The Kier molecular flexibility index (Phi) is 4.50. The summed E-state index contributed by atoms with van der Waals surface area (Å²) in [6.45, 7) is 2.03. The molecule has 1 aliphatic heterocycles. The smallest absolute Gasteiger partial charge is 0.181 e. The molecule has 1 saturated heterocycles. The summed E-state index contributed by atoms with van der Waals surface area (Å²) >= 11 is 0. The van der Waals surface area contributed by atoms with Gasteiger partial charge in [-0.05, 0) is 17.3 Å². The number of hydrogen-bond acceptors (Lipinski definition) is 2. The molecule has 0 N–H and O–H groups in total. The van der Waals surface area contributed by atoms with E-state index in [1.807, 2.05) is 6.92 Å². The van der Waals surface area contributed by atoms with Crippen LogP contribution in [0, 0.1) is 0 Å². The zero-order chi connectivity index (χ0) is 9.68. The fourth-order valence-electron chi connectivity index (χ4n) is 1.47. The van der Waals surface area contributed by atoms with Gasteiger partial charge in [-0.25, -0.2) is 0 Å². The van der Waals surface area contributed by atoms with Crippen LogP contribution in [-0.2, 0) is 20.5 Å².